The summed E-state index contributed by atoms with van der Waals surface area (Å²) in [6.07, 6.45) is 4.82. The van der Waals surface area contributed by atoms with E-state index in [1.807, 2.05) is 41.9 Å². The van der Waals surface area contributed by atoms with Gasteiger partial charge in [-0.25, -0.2) is 0 Å². The number of hydrogen-bond acceptors (Lipinski definition) is 4. The van der Waals surface area contributed by atoms with E-state index in [1.54, 1.807) is 11.3 Å². The van der Waals surface area contributed by atoms with Crippen LogP contribution in [0.4, 0.5) is 0 Å². The first-order valence-corrected chi connectivity index (χ1v) is 8.57. The highest BCUT2D eigenvalue weighted by molar-refractivity contribution is 7.09. The summed E-state index contributed by atoms with van der Waals surface area (Å²) in [5, 5.41) is 3.17. The van der Waals surface area contributed by atoms with Crippen molar-refractivity contribution in [2.75, 3.05) is 7.05 Å². The minimum atomic E-state index is -0.0818. The molecular formula is C17H21N3OS. The zero-order valence-electron chi connectivity index (χ0n) is 12.7. The molecule has 1 aliphatic heterocycles. The lowest BCUT2D eigenvalue weighted by Crippen LogP contribution is -2.44. The van der Waals surface area contributed by atoms with Crippen LogP contribution < -0.4 is 5.32 Å². The first-order chi connectivity index (χ1) is 10.8. The molecule has 0 saturated carbocycles. The van der Waals surface area contributed by atoms with Crippen LogP contribution in [0.5, 0.6) is 0 Å². The zero-order chi connectivity index (χ0) is 15.4. The van der Waals surface area contributed by atoms with Crippen molar-refractivity contribution in [2.45, 2.75) is 37.9 Å². The zero-order valence-corrected chi connectivity index (χ0v) is 13.6. The molecule has 0 spiro atoms. The first-order valence-electron chi connectivity index (χ1n) is 7.69. The van der Waals surface area contributed by atoms with E-state index in [-0.39, 0.29) is 18.0 Å². The van der Waals surface area contributed by atoms with Crippen molar-refractivity contribution in [3.63, 3.8) is 0 Å². The molecule has 2 unspecified atom stereocenters. The Balaban J connectivity index is 1.92. The molecule has 1 aromatic carbocycles. The Morgan fingerprint density at radius 2 is 2.14 bits per heavy atom. The van der Waals surface area contributed by atoms with Crippen LogP contribution in [0.25, 0.3) is 0 Å². The summed E-state index contributed by atoms with van der Waals surface area (Å²) in [5.74, 6) is 0.197. The molecule has 2 heterocycles. The summed E-state index contributed by atoms with van der Waals surface area (Å²) in [4.78, 5) is 20.2. The van der Waals surface area contributed by atoms with Crippen LogP contribution in [-0.4, -0.2) is 28.9 Å². The Morgan fingerprint density at radius 3 is 2.82 bits per heavy atom. The van der Waals surface area contributed by atoms with Crippen LogP contribution in [0.1, 0.15) is 35.7 Å². The van der Waals surface area contributed by atoms with E-state index in [0.29, 0.717) is 6.54 Å². The monoisotopic (exact) mass is 315 g/mol. The number of thiazole rings is 1. The van der Waals surface area contributed by atoms with E-state index >= 15 is 0 Å². The van der Waals surface area contributed by atoms with Crippen LogP contribution in [0.3, 0.4) is 0 Å². The van der Waals surface area contributed by atoms with Gasteiger partial charge in [-0.3, -0.25) is 9.78 Å². The van der Waals surface area contributed by atoms with Crippen LogP contribution in [-0.2, 0) is 11.3 Å². The molecule has 0 radical (unpaired) electrons. The number of nitrogens with zero attached hydrogens (tertiary/aromatic N) is 2. The number of benzene rings is 1. The van der Waals surface area contributed by atoms with Crippen LogP contribution in [0.2, 0.25) is 0 Å². The molecule has 1 saturated heterocycles. The van der Waals surface area contributed by atoms with E-state index in [2.05, 4.69) is 22.4 Å². The number of hydrogen-bond donors (Lipinski definition) is 1. The number of rotatable bonds is 4. The van der Waals surface area contributed by atoms with Gasteiger partial charge in [0.1, 0.15) is 0 Å². The Kier molecular flexibility index (Phi) is 4.85. The molecule has 0 aliphatic carbocycles. The average molecular weight is 315 g/mol. The van der Waals surface area contributed by atoms with Gasteiger partial charge in [0.25, 0.3) is 0 Å². The van der Waals surface area contributed by atoms with Gasteiger partial charge < -0.3 is 10.2 Å². The van der Waals surface area contributed by atoms with Crippen LogP contribution in [0, 0.1) is 0 Å². The molecule has 3 rings (SSSR count). The number of aromatic nitrogens is 1. The van der Waals surface area contributed by atoms with Gasteiger partial charge in [0.05, 0.1) is 24.1 Å². The van der Waals surface area contributed by atoms with Gasteiger partial charge in [-0.1, -0.05) is 30.3 Å². The summed E-state index contributed by atoms with van der Waals surface area (Å²) in [5.41, 5.74) is 3.04. The molecule has 1 amide bonds. The van der Waals surface area contributed by atoms with Gasteiger partial charge in [-0.15, -0.1) is 11.3 Å². The predicted octanol–water partition coefficient (Wildman–Crippen LogP) is 2.98. The topological polar surface area (TPSA) is 45.2 Å². The number of carbonyl (C=O) groups excluding carboxylic acids is 1. The Bertz CT molecular complexity index is 600. The first kappa shape index (κ1) is 15.2. The van der Waals surface area contributed by atoms with Crippen LogP contribution in [0.15, 0.2) is 42.0 Å². The van der Waals surface area contributed by atoms with Crippen molar-refractivity contribution in [2.24, 2.45) is 0 Å². The second-order valence-electron chi connectivity index (χ2n) is 5.63. The fourth-order valence-corrected chi connectivity index (χ4v) is 3.71. The highest BCUT2D eigenvalue weighted by Crippen LogP contribution is 2.32. The van der Waals surface area contributed by atoms with Crippen LogP contribution >= 0.6 is 11.3 Å². The number of carbonyl (C=O) groups is 1. The van der Waals surface area contributed by atoms with Gasteiger partial charge in [0, 0.05) is 11.1 Å². The molecule has 1 fully saturated rings. The quantitative estimate of drug-likeness (QED) is 0.943. The van der Waals surface area contributed by atoms with Gasteiger partial charge in [-0.2, -0.15) is 0 Å². The highest BCUT2D eigenvalue weighted by atomic mass is 32.1. The van der Waals surface area contributed by atoms with E-state index in [9.17, 15) is 4.79 Å². The molecule has 0 bridgehead atoms. The number of likely N-dealkylation sites (N-methyl/N-ethyl adjacent to an activating group) is 1. The largest absolute Gasteiger partial charge is 0.329 e. The predicted molar refractivity (Wildman–Crippen MR) is 88.5 cm³/mol. The van der Waals surface area contributed by atoms with E-state index in [4.69, 9.17) is 0 Å². The maximum atomic E-state index is 12.9. The Labute approximate surface area is 135 Å². The minimum Gasteiger partial charge on any atom is -0.329 e. The molecule has 4 nitrogen and oxygen atoms in total. The van der Waals surface area contributed by atoms with Gasteiger partial charge in [0.15, 0.2) is 0 Å². The highest BCUT2D eigenvalue weighted by Gasteiger charge is 2.33. The maximum absolute atomic E-state index is 12.9. The van der Waals surface area contributed by atoms with Gasteiger partial charge in [0.2, 0.25) is 5.91 Å². The Morgan fingerprint density at radius 1 is 1.32 bits per heavy atom. The molecule has 2 atom stereocenters. The van der Waals surface area contributed by atoms with Crippen molar-refractivity contribution in [1.29, 1.82) is 0 Å². The summed E-state index contributed by atoms with van der Waals surface area (Å²) in [7, 11) is 1.87. The number of amides is 1. The summed E-state index contributed by atoms with van der Waals surface area (Å²) >= 11 is 1.61. The van der Waals surface area contributed by atoms with Gasteiger partial charge >= 0.3 is 0 Å². The third-order valence-electron chi connectivity index (χ3n) is 4.27. The summed E-state index contributed by atoms with van der Waals surface area (Å²) in [6.45, 7) is 0.640. The molecule has 22 heavy (non-hydrogen) atoms. The molecular weight excluding hydrogens is 294 g/mol. The van der Waals surface area contributed by atoms with Crippen molar-refractivity contribution < 1.29 is 4.79 Å². The second-order valence-corrected chi connectivity index (χ2v) is 6.60. The normalized spacial score (nSPS) is 22.6. The molecule has 116 valence electrons. The second kappa shape index (κ2) is 7.03. The number of likely N-dealkylation sites (tertiary alicyclic amines) is 1. The molecule has 1 aromatic heterocycles. The lowest BCUT2D eigenvalue weighted by Gasteiger charge is -2.31. The molecule has 1 N–H and O–H groups in total. The van der Waals surface area contributed by atoms with Crippen molar-refractivity contribution in [3.05, 3.63) is 52.5 Å². The fraction of sp³-hybridized carbons (Fsp3) is 0.412. The fourth-order valence-electron chi connectivity index (χ4n) is 3.11. The van der Waals surface area contributed by atoms with E-state index < -0.39 is 0 Å². The van der Waals surface area contributed by atoms with Gasteiger partial charge in [-0.05, 0) is 31.9 Å². The average Bonchev–Trinajstić information content (AvgIpc) is 3.01. The summed E-state index contributed by atoms with van der Waals surface area (Å²) in [6, 6.07) is 10.4. The third kappa shape index (κ3) is 3.20. The molecule has 2 aromatic rings. The van der Waals surface area contributed by atoms with Crippen molar-refractivity contribution >= 4 is 17.2 Å². The molecule has 1 aliphatic rings. The standard InChI is InChI=1S/C17H21N3OS/c1-18-15-8-5-9-16(13-6-3-2-4-7-13)20(17(15)21)11-14-10-19-12-22-14/h2-4,6-7,10,12,15-16,18H,5,8-9,11H2,1H3. The lowest BCUT2D eigenvalue weighted by atomic mass is 10.0. The van der Waals surface area contributed by atoms with E-state index in [0.717, 1.165) is 24.1 Å². The maximum Gasteiger partial charge on any atom is 0.240 e. The van der Waals surface area contributed by atoms with E-state index in [1.165, 1.54) is 5.56 Å². The molecule has 5 heteroatoms. The smallest absolute Gasteiger partial charge is 0.240 e. The lowest BCUT2D eigenvalue weighted by molar-refractivity contribution is -0.135. The SMILES string of the molecule is CNC1CCCC(c2ccccc2)N(Cc2cncs2)C1=O. The third-order valence-corrected chi connectivity index (χ3v) is 5.03. The summed E-state index contributed by atoms with van der Waals surface area (Å²) < 4.78 is 0. The van der Waals surface area contributed by atoms with Crippen molar-refractivity contribution in [3.8, 4) is 0 Å². The number of nitrogens with one attached hydrogen (secondary N) is 1. The van der Waals surface area contributed by atoms with Crippen molar-refractivity contribution in [1.82, 2.24) is 15.2 Å². The minimum absolute atomic E-state index is 0.0818. The Hall–Kier alpha value is -1.72.